The molecule has 4 rings (SSSR count). The number of nitrogens with two attached hydrogens (primary N) is 1. The highest BCUT2D eigenvalue weighted by molar-refractivity contribution is 5.75. The predicted molar refractivity (Wildman–Crippen MR) is 122 cm³/mol. The van der Waals surface area contributed by atoms with Gasteiger partial charge in [-0.25, -0.2) is 18.7 Å². The SMILES string of the molecule is NC(=O)CN1CCC(CNc2ncnc(N3CCOCC3c3ccc(C(F)(F)F)cc3)c2F)C(F)(F)C1. The molecule has 2 aromatic rings. The number of hydrogen-bond acceptors (Lipinski definition) is 7. The fourth-order valence-corrected chi connectivity index (χ4v) is 4.59. The van der Waals surface area contributed by atoms with E-state index in [2.05, 4.69) is 15.3 Å². The Balaban J connectivity index is 1.48. The predicted octanol–water partition coefficient (Wildman–Crippen LogP) is 3.07. The van der Waals surface area contributed by atoms with Crippen molar-refractivity contribution in [1.82, 2.24) is 14.9 Å². The molecule has 1 aromatic heterocycles. The van der Waals surface area contributed by atoms with Crippen LogP contribution in [-0.4, -0.2) is 72.6 Å². The van der Waals surface area contributed by atoms with Gasteiger partial charge in [-0.05, 0) is 30.7 Å². The van der Waals surface area contributed by atoms with E-state index < -0.39 is 47.9 Å². The summed E-state index contributed by atoms with van der Waals surface area (Å²) in [5, 5.41) is 2.65. The van der Waals surface area contributed by atoms with Crippen LogP contribution < -0.4 is 16.0 Å². The quantitative estimate of drug-likeness (QED) is 0.530. The van der Waals surface area contributed by atoms with Crippen molar-refractivity contribution in [3.63, 3.8) is 0 Å². The van der Waals surface area contributed by atoms with Crippen LogP contribution in [0.3, 0.4) is 0 Å². The second-order valence-corrected chi connectivity index (χ2v) is 9.07. The number of aromatic nitrogens is 2. The largest absolute Gasteiger partial charge is 0.416 e. The number of piperidine rings is 1. The van der Waals surface area contributed by atoms with Crippen LogP contribution in [0.5, 0.6) is 0 Å². The van der Waals surface area contributed by atoms with Crippen molar-refractivity contribution in [3.8, 4) is 0 Å². The van der Waals surface area contributed by atoms with Crippen LogP contribution in [0.25, 0.3) is 0 Å². The van der Waals surface area contributed by atoms with Crippen molar-refractivity contribution in [2.24, 2.45) is 11.7 Å². The maximum atomic E-state index is 15.5. The van der Waals surface area contributed by atoms with Gasteiger partial charge in [0, 0.05) is 19.0 Å². The molecule has 2 saturated heterocycles. The zero-order valence-corrected chi connectivity index (χ0v) is 19.6. The molecule has 0 bridgehead atoms. The summed E-state index contributed by atoms with van der Waals surface area (Å²) in [6.45, 7) is -0.397. The molecule has 1 amide bonds. The molecule has 2 unspecified atom stereocenters. The minimum Gasteiger partial charge on any atom is -0.377 e. The van der Waals surface area contributed by atoms with Crippen LogP contribution in [0.15, 0.2) is 30.6 Å². The first-order chi connectivity index (χ1) is 17.5. The van der Waals surface area contributed by atoms with E-state index in [1.807, 2.05) is 0 Å². The summed E-state index contributed by atoms with van der Waals surface area (Å²) in [6, 6.07) is 3.88. The fourth-order valence-electron chi connectivity index (χ4n) is 4.59. The maximum absolute atomic E-state index is 15.5. The van der Waals surface area contributed by atoms with Gasteiger partial charge in [0.25, 0.3) is 5.92 Å². The topological polar surface area (TPSA) is 96.6 Å². The molecular formula is C23H26F6N6O2. The number of primary amides is 1. The maximum Gasteiger partial charge on any atom is 0.416 e. The van der Waals surface area contributed by atoms with E-state index in [-0.39, 0.29) is 57.4 Å². The first-order valence-corrected chi connectivity index (χ1v) is 11.6. The van der Waals surface area contributed by atoms with Gasteiger partial charge in [-0.2, -0.15) is 17.6 Å². The summed E-state index contributed by atoms with van der Waals surface area (Å²) in [4.78, 5) is 21.8. The normalized spacial score (nSPS) is 22.6. The van der Waals surface area contributed by atoms with E-state index in [9.17, 15) is 26.7 Å². The van der Waals surface area contributed by atoms with Gasteiger partial charge in [-0.3, -0.25) is 9.69 Å². The average molecular weight is 532 g/mol. The van der Waals surface area contributed by atoms with E-state index in [1.165, 1.54) is 17.0 Å². The number of halogens is 6. The monoisotopic (exact) mass is 532 g/mol. The van der Waals surface area contributed by atoms with Gasteiger partial charge in [-0.15, -0.1) is 0 Å². The van der Waals surface area contributed by atoms with Crippen LogP contribution in [0, 0.1) is 11.7 Å². The molecule has 2 aliphatic rings. The summed E-state index contributed by atoms with van der Waals surface area (Å²) >= 11 is 0. The Bertz CT molecular complexity index is 1100. The molecule has 2 aliphatic heterocycles. The van der Waals surface area contributed by atoms with Crippen LogP contribution in [0.4, 0.5) is 38.0 Å². The van der Waals surface area contributed by atoms with Gasteiger partial charge >= 0.3 is 6.18 Å². The van der Waals surface area contributed by atoms with Gasteiger partial charge in [-0.1, -0.05) is 12.1 Å². The minimum atomic E-state index is -4.49. The van der Waals surface area contributed by atoms with Crippen molar-refractivity contribution in [1.29, 1.82) is 0 Å². The van der Waals surface area contributed by atoms with Gasteiger partial charge in [0.2, 0.25) is 11.7 Å². The van der Waals surface area contributed by atoms with Gasteiger partial charge in [0.15, 0.2) is 11.6 Å². The molecule has 0 radical (unpaired) electrons. The number of ether oxygens (including phenoxy) is 1. The number of hydrogen-bond donors (Lipinski definition) is 2. The molecule has 14 heteroatoms. The van der Waals surface area contributed by atoms with Crippen molar-refractivity contribution >= 4 is 17.5 Å². The van der Waals surface area contributed by atoms with Gasteiger partial charge in [0.1, 0.15) is 6.33 Å². The van der Waals surface area contributed by atoms with Gasteiger partial charge in [0.05, 0.1) is 37.9 Å². The second kappa shape index (κ2) is 10.7. The van der Waals surface area contributed by atoms with Crippen LogP contribution in [-0.2, 0) is 15.7 Å². The molecular weight excluding hydrogens is 506 g/mol. The number of morpholine rings is 1. The smallest absolute Gasteiger partial charge is 0.377 e. The molecule has 37 heavy (non-hydrogen) atoms. The number of nitrogens with one attached hydrogen (secondary N) is 1. The molecule has 3 heterocycles. The van der Waals surface area contributed by atoms with Gasteiger partial charge < -0.3 is 20.7 Å². The fraction of sp³-hybridized carbons (Fsp3) is 0.522. The van der Waals surface area contributed by atoms with E-state index in [0.717, 1.165) is 18.5 Å². The number of amides is 1. The summed E-state index contributed by atoms with van der Waals surface area (Å²) in [6.07, 6.45) is -3.34. The third-order valence-electron chi connectivity index (χ3n) is 6.52. The lowest BCUT2D eigenvalue weighted by Gasteiger charge is -2.38. The molecule has 2 fully saturated rings. The van der Waals surface area contributed by atoms with Crippen LogP contribution >= 0.6 is 0 Å². The van der Waals surface area contributed by atoms with Crippen molar-refractivity contribution in [2.75, 3.05) is 56.2 Å². The van der Waals surface area contributed by atoms with Crippen molar-refractivity contribution in [3.05, 3.63) is 47.5 Å². The zero-order valence-electron chi connectivity index (χ0n) is 19.6. The Hall–Kier alpha value is -3.13. The second-order valence-electron chi connectivity index (χ2n) is 9.07. The number of benzene rings is 1. The Morgan fingerprint density at radius 1 is 1.19 bits per heavy atom. The first-order valence-electron chi connectivity index (χ1n) is 11.6. The van der Waals surface area contributed by atoms with E-state index >= 15 is 4.39 Å². The third-order valence-corrected chi connectivity index (χ3v) is 6.52. The Kier molecular flexibility index (Phi) is 7.78. The molecule has 8 nitrogen and oxygen atoms in total. The molecule has 0 aliphatic carbocycles. The Morgan fingerprint density at radius 2 is 1.92 bits per heavy atom. The van der Waals surface area contributed by atoms with Crippen molar-refractivity contribution in [2.45, 2.75) is 24.6 Å². The summed E-state index contributed by atoms with van der Waals surface area (Å²) in [7, 11) is 0. The molecule has 2 atom stereocenters. The molecule has 3 N–H and O–H groups in total. The number of likely N-dealkylation sites (tertiary alicyclic amines) is 1. The Labute approximate surface area is 208 Å². The minimum absolute atomic E-state index is 0.0618. The number of anilines is 2. The number of carbonyl (C=O) groups is 1. The summed E-state index contributed by atoms with van der Waals surface area (Å²) in [5.41, 5.74) is 4.76. The third kappa shape index (κ3) is 6.24. The van der Waals surface area contributed by atoms with Crippen LogP contribution in [0.2, 0.25) is 0 Å². The highest BCUT2D eigenvalue weighted by atomic mass is 19.4. The van der Waals surface area contributed by atoms with E-state index in [0.29, 0.717) is 5.56 Å². The molecule has 202 valence electrons. The number of carbonyl (C=O) groups excluding carboxylic acids is 1. The lowest BCUT2D eigenvalue weighted by Crippen LogP contribution is -2.52. The zero-order chi connectivity index (χ0) is 26.8. The lowest BCUT2D eigenvalue weighted by molar-refractivity contribution is -0.137. The number of rotatable bonds is 7. The van der Waals surface area contributed by atoms with Crippen LogP contribution in [0.1, 0.15) is 23.6 Å². The van der Waals surface area contributed by atoms with Crippen molar-refractivity contribution < 1.29 is 35.9 Å². The number of nitrogens with zero attached hydrogens (tertiary/aromatic N) is 4. The highest BCUT2D eigenvalue weighted by Crippen LogP contribution is 2.36. The first kappa shape index (κ1) is 26.9. The lowest BCUT2D eigenvalue weighted by atomic mass is 9.92. The molecule has 0 spiro atoms. The van der Waals surface area contributed by atoms with E-state index in [1.54, 1.807) is 4.90 Å². The van der Waals surface area contributed by atoms with E-state index in [4.69, 9.17) is 10.5 Å². The molecule has 0 saturated carbocycles. The Morgan fingerprint density at radius 3 is 2.57 bits per heavy atom. The standard InChI is InChI=1S/C23H26F6N6O2/c24-19-20(31-9-16-5-6-34(10-18(30)36)12-22(16,25)26)32-13-33-21(19)35-7-8-37-11-17(35)14-1-3-15(4-2-14)23(27,28)29/h1-4,13,16-17H,5-12H2,(H2,30,36)(H,31,32,33). The average Bonchev–Trinajstić information content (AvgIpc) is 2.83. The molecule has 1 aromatic carbocycles. The number of alkyl halides is 5. The summed E-state index contributed by atoms with van der Waals surface area (Å²) < 4.78 is 89.0. The highest BCUT2D eigenvalue weighted by Gasteiger charge is 2.44. The summed E-state index contributed by atoms with van der Waals surface area (Å²) in [5.74, 6) is -6.20.